The Balaban J connectivity index is 2.74. The Kier molecular flexibility index (Phi) is 6.41. The third-order valence-electron chi connectivity index (χ3n) is 2.58. The molecule has 1 heterocycles. The first kappa shape index (κ1) is 16.9. The number of nitrogens with zero attached hydrogens (tertiary/aromatic N) is 1. The van der Waals surface area contributed by atoms with E-state index in [-0.39, 0.29) is 24.0 Å². The first-order valence-corrected chi connectivity index (χ1v) is 8.89. The molecule has 0 aliphatic rings. The van der Waals surface area contributed by atoms with E-state index in [1.807, 2.05) is 6.92 Å². The molecule has 0 fully saturated rings. The Morgan fingerprint density at radius 3 is 2.70 bits per heavy atom. The largest absolute Gasteiger partial charge is 0.370 e. The van der Waals surface area contributed by atoms with Crippen LogP contribution in [0.5, 0.6) is 0 Å². The Morgan fingerprint density at radius 2 is 2.10 bits per heavy atom. The normalized spacial score (nSPS) is 11.2. The molecule has 8 heteroatoms. The summed E-state index contributed by atoms with van der Waals surface area (Å²) in [6, 6.07) is 1.65. The number of aromatic nitrogens is 1. The van der Waals surface area contributed by atoms with Gasteiger partial charge < -0.3 is 10.6 Å². The van der Waals surface area contributed by atoms with Gasteiger partial charge in [-0.15, -0.1) is 0 Å². The number of hydrogen-bond donors (Lipinski definition) is 2. The molecule has 1 aromatic rings. The van der Waals surface area contributed by atoms with Crippen LogP contribution in [0.3, 0.4) is 0 Å². The fourth-order valence-corrected chi connectivity index (χ4v) is 2.51. The van der Waals surface area contributed by atoms with Gasteiger partial charge in [-0.25, -0.2) is 13.4 Å². The summed E-state index contributed by atoms with van der Waals surface area (Å²) in [6.45, 7) is 4.21. The van der Waals surface area contributed by atoms with Crippen molar-refractivity contribution in [3.63, 3.8) is 0 Å². The zero-order chi connectivity index (χ0) is 15.2. The number of carbonyl (C=O) groups is 1. The van der Waals surface area contributed by atoms with E-state index in [1.54, 1.807) is 19.2 Å². The number of pyridine rings is 1. The first-order chi connectivity index (χ1) is 9.39. The van der Waals surface area contributed by atoms with Gasteiger partial charge in [0.15, 0.2) is 9.84 Å². The molecule has 1 aromatic heterocycles. The second-order valence-corrected chi connectivity index (χ2v) is 7.46. The van der Waals surface area contributed by atoms with Crippen molar-refractivity contribution in [1.82, 2.24) is 10.3 Å². The molecule has 1 amide bonds. The zero-order valence-corrected chi connectivity index (χ0v) is 13.8. The smallest absolute Gasteiger partial charge is 0.255 e. The lowest BCUT2D eigenvalue weighted by molar-refractivity contribution is 0.0956. The molecule has 0 spiro atoms. The summed E-state index contributed by atoms with van der Waals surface area (Å²) in [5, 5.41) is 5.59. The van der Waals surface area contributed by atoms with Crippen LogP contribution in [-0.2, 0) is 9.84 Å². The van der Waals surface area contributed by atoms with Crippen LogP contribution < -0.4 is 10.6 Å². The summed E-state index contributed by atoms with van der Waals surface area (Å²) in [7, 11) is -3.08. The van der Waals surface area contributed by atoms with Gasteiger partial charge in [-0.05, 0) is 28.9 Å². The van der Waals surface area contributed by atoms with Crippen molar-refractivity contribution in [2.75, 3.05) is 29.9 Å². The van der Waals surface area contributed by atoms with E-state index in [1.165, 1.54) is 0 Å². The Morgan fingerprint density at radius 1 is 1.40 bits per heavy atom. The predicted octanol–water partition coefficient (Wildman–Crippen LogP) is 1.44. The molecular weight excluding hydrogens is 346 g/mol. The van der Waals surface area contributed by atoms with Crippen molar-refractivity contribution in [2.24, 2.45) is 0 Å². The lowest BCUT2D eigenvalue weighted by Crippen LogP contribution is -2.30. The van der Waals surface area contributed by atoms with Gasteiger partial charge in [0.1, 0.15) is 5.82 Å². The SMILES string of the molecule is CCNc1ncc(Br)cc1C(=O)NCCS(=O)(=O)CC. The fourth-order valence-electron chi connectivity index (χ4n) is 1.48. The number of sulfone groups is 1. The van der Waals surface area contributed by atoms with Crippen LogP contribution in [0.25, 0.3) is 0 Å². The molecule has 2 N–H and O–H groups in total. The average molecular weight is 364 g/mol. The maximum absolute atomic E-state index is 12.1. The summed E-state index contributed by atoms with van der Waals surface area (Å²) >= 11 is 3.26. The molecule has 112 valence electrons. The molecule has 1 rings (SSSR count). The summed E-state index contributed by atoms with van der Waals surface area (Å²) < 4.78 is 23.4. The van der Waals surface area contributed by atoms with E-state index in [0.29, 0.717) is 22.4 Å². The maximum atomic E-state index is 12.1. The molecule has 0 saturated carbocycles. The molecule has 0 aliphatic carbocycles. The molecule has 0 unspecified atom stereocenters. The minimum atomic E-state index is -3.08. The molecule has 0 aromatic carbocycles. The van der Waals surface area contributed by atoms with Gasteiger partial charge in [0.05, 0.1) is 11.3 Å². The Labute approximate surface area is 127 Å². The lowest BCUT2D eigenvalue weighted by atomic mass is 10.2. The Bertz CT molecular complexity index is 575. The molecule has 0 bridgehead atoms. The quantitative estimate of drug-likeness (QED) is 0.765. The number of rotatable bonds is 7. The average Bonchev–Trinajstić information content (AvgIpc) is 2.40. The highest BCUT2D eigenvalue weighted by Gasteiger charge is 2.14. The van der Waals surface area contributed by atoms with Gasteiger partial charge in [0, 0.05) is 29.5 Å². The lowest BCUT2D eigenvalue weighted by Gasteiger charge is -2.10. The molecular formula is C12H18BrN3O3S. The van der Waals surface area contributed by atoms with Crippen molar-refractivity contribution in [1.29, 1.82) is 0 Å². The van der Waals surface area contributed by atoms with Crippen molar-refractivity contribution in [2.45, 2.75) is 13.8 Å². The van der Waals surface area contributed by atoms with E-state index >= 15 is 0 Å². The minimum Gasteiger partial charge on any atom is -0.370 e. The molecule has 0 saturated heterocycles. The van der Waals surface area contributed by atoms with E-state index in [2.05, 4.69) is 31.5 Å². The second kappa shape index (κ2) is 7.58. The van der Waals surface area contributed by atoms with Crippen LogP contribution in [0.1, 0.15) is 24.2 Å². The Hall–Kier alpha value is -1.15. The van der Waals surface area contributed by atoms with E-state index in [0.717, 1.165) is 0 Å². The monoisotopic (exact) mass is 363 g/mol. The third-order valence-corrected chi connectivity index (χ3v) is 4.72. The van der Waals surface area contributed by atoms with Crippen LogP contribution in [-0.4, -0.2) is 43.9 Å². The van der Waals surface area contributed by atoms with E-state index < -0.39 is 9.84 Å². The summed E-state index contributed by atoms with van der Waals surface area (Å²) in [5.41, 5.74) is 0.384. The molecule has 0 aliphatic heterocycles. The summed E-state index contributed by atoms with van der Waals surface area (Å²) in [5.74, 6) is 0.143. The zero-order valence-electron chi connectivity index (χ0n) is 11.4. The highest BCUT2D eigenvalue weighted by Crippen LogP contribution is 2.17. The summed E-state index contributed by atoms with van der Waals surface area (Å²) in [4.78, 5) is 16.2. The molecule has 6 nitrogen and oxygen atoms in total. The number of halogens is 1. The van der Waals surface area contributed by atoms with Crippen LogP contribution in [0.15, 0.2) is 16.7 Å². The van der Waals surface area contributed by atoms with Gasteiger partial charge in [0.25, 0.3) is 5.91 Å². The highest BCUT2D eigenvalue weighted by atomic mass is 79.9. The van der Waals surface area contributed by atoms with Gasteiger partial charge >= 0.3 is 0 Å². The van der Waals surface area contributed by atoms with E-state index in [9.17, 15) is 13.2 Å². The van der Waals surface area contributed by atoms with Crippen LogP contribution in [0.2, 0.25) is 0 Å². The van der Waals surface area contributed by atoms with Crippen molar-refractivity contribution >= 4 is 37.5 Å². The topological polar surface area (TPSA) is 88.2 Å². The van der Waals surface area contributed by atoms with Crippen molar-refractivity contribution in [3.8, 4) is 0 Å². The standard InChI is InChI=1S/C12H18BrN3O3S/c1-3-14-11-10(7-9(13)8-16-11)12(17)15-5-6-20(18,19)4-2/h7-8H,3-6H2,1-2H3,(H,14,16)(H,15,17). The van der Waals surface area contributed by atoms with Gasteiger partial charge in [0.2, 0.25) is 0 Å². The number of anilines is 1. The first-order valence-electron chi connectivity index (χ1n) is 6.27. The van der Waals surface area contributed by atoms with Gasteiger partial charge in [-0.2, -0.15) is 0 Å². The number of carbonyl (C=O) groups excluding carboxylic acids is 1. The summed E-state index contributed by atoms with van der Waals surface area (Å²) in [6.07, 6.45) is 1.59. The number of amides is 1. The highest BCUT2D eigenvalue weighted by molar-refractivity contribution is 9.10. The maximum Gasteiger partial charge on any atom is 0.255 e. The van der Waals surface area contributed by atoms with Crippen LogP contribution in [0.4, 0.5) is 5.82 Å². The minimum absolute atomic E-state index is 0.0623. The van der Waals surface area contributed by atoms with Crippen LogP contribution in [0, 0.1) is 0 Å². The second-order valence-electron chi connectivity index (χ2n) is 4.07. The molecule has 20 heavy (non-hydrogen) atoms. The molecule has 0 radical (unpaired) electrons. The number of nitrogens with one attached hydrogen (secondary N) is 2. The van der Waals surface area contributed by atoms with Gasteiger partial charge in [-0.1, -0.05) is 6.92 Å². The van der Waals surface area contributed by atoms with E-state index in [4.69, 9.17) is 0 Å². The third kappa shape index (κ3) is 5.09. The number of hydrogen-bond acceptors (Lipinski definition) is 5. The van der Waals surface area contributed by atoms with Crippen molar-refractivity contribution < 1.29 is 13.2 Å². The fraction of sp³-hybridized carbons (Fsp3) is 0.500. The molecule has 0 atom stereocenters. The van der Waals surface area contributed by atoms with Crippen LogP contribution >= 0.6 is 15.9 Å². The van der Waals surface area contributed by atoms with Gasteiger partial charge in [-0.3, -0.25) is 4.79 Å². The predicted molar refractivity (Wildman–Crippen MR) is 82.8 cm³/mol. The van der Waals surface area contributed by atoms with Crippen molar-refractivity contribution in [3.05, 3.63) is 22.3 Å².